The molecule has 0 saturated carbocycles. The van der Waals surface area contributed by atoms with Crippen LogP contribution in [0.4, 0.5) is 17.2 Å². The average Bonchev–Trinajstić information content (AvgIpc) is 2.76. The Balaban J connectivity index is 1.53. The number of aryl methyl sites for hydroxylation is 3. The van der Waals surface area contributed by atoms with Crippen molar-refractivity contribution >= 4 is 23.1 Å². The maximum absolute atomic E-state index is 12.6. The number of anilines is 3. The summed E-state index contributed by atoms with van der Waals surface area (Å²) in [5.74, 6) is 1.25. The molecule has 0 saturated heterocycles. The maximum Gasteiger partial charge on any atom is 0.255 e. The third-order valence-corrected chi connectivity index (χ3v) is 5.07. The van der Waals surface area contributed by atoms with Gasteiger partial charge in [-0.1, -0.05) is 42.5 Å². The molecule has 5 nitrogen and oxygen atoms in total. The molecule has 0 aliphatic rings. The topological polar surface area (TPSA) is 66.9 Å². The smallest absolute Gasteiger partial charge is 0.255 e. The maximum atomic E-state index is 12.6. The Morgan fingerprint density at radius 1 is 0.742 bits per heavy atom. The Labute approximate surface area is 182 Å². The number of nitrogens with zero attached hydrogens (tertiary/aromatic N) is 2. The Kier molecular flexibility index (Phi) is 5.76. The highest BCUT2D eigenvalue weighted by atomic mass is 16.1. The monoisotopic (exact) mass is 408 g/mol. The minimum atomic E-state index is -0.135. The molecule has 4 aromatic rings. The number of benzene rings is 3. The Hall–Kier alpha value is -3.99. The lowest BCUT2D eigenvalue weighted by Crippen LogP contribution is -2.12. The number of carbonyl (C=O) groups excluding carboxylic acids is 1. The van der Waals surface area contributed by atoms with Gasteiger partial charge in [0.25, 0.3) is 5.91 Å². The van der Waals surface area contributed by atoms with E-state index in [1.165, 1.54) is 0 Å². The summed E-state index contributed by atoms with van der Waals surface area (Å²) in [4.78, 5) is 21.7. The van der Waals surface area contributed by atoms with E-state index in [0.717, 1.165) is 28.1 Å². The quantitative estimate of drug-likeness (QED) is 0.421. The van der Waals surface area contributed by atoms with E-state index in [0.29, 0.717) is 22.9 Å². The van der Waals surface area contributed by atoms with E-state index in [2.05, 4.69) is 20.6 Å². The van der Waals surface area contributed by atoms with Crippen molar-refractivity contribution in [3.05, 3.63) is 101 Å². The molecule has 4 rings (SSSR count). The van der Waals surface area contributed by atoms with E-state index >= 15 is 0 Å². The highest BCUT2D eigenvalue weighted by Crippen LogP contribution is 2.24. The molecule has 1 heterocycles. The van der Waals surface area contributed by atoms with Crippen molar-refractivity contribution in [3.8, 4) is 11.3 Å². The predicted molar refractivity (Wildman–Crippen MR) is 126 cm³/mol. The van der Waals surface area contributed by atoms with Gasteiger partial charge in [-0.25, -0.2) is 9.97 Å². The number of hydrogen-bond acceptors (Lipinski definition) is 4. The molecule has 0 aliphatic carbocycles. The van der Waals surface area contributed by atoms with Gasteiger partial charge >= 0.3 is 0 Å². The first-order chi connectivity index (χ1) is 15.0. The fourth-order valence-corrected chi connectivity index (χ4v) is 3.30. The first kappa shape index (κ1) is 20.3. The van der Waals surface area contributed by atoms with Gasteiger partial charge in [0.2, 0.25) is 0 Å². The Morgan fingerprint density at radius 3 is 2.29 bits per heavy atom. The van der Waals surface area contributed by atoms with Crippen LogP contribution >= 0.6 is 0 Å². The number of aromatic nitrogens is 2. The lowest BCUT2D eigenvalue weighted by molar-refractivity contribution is 0.102. The van der Waals surface area contributed by atoms with Gasteiger partial charge in [-0.05, 0) is 62.2 Å². The van der Waals surface area contributed by atoms with Gasteiger partial charge < -0.3 is 10.6 Å². The molecule has 1 amide bonds. The van der Waals surface area contributed by atoms with Crippen LogP contribution in [0.3, 0.4) is 0 Å². The molecule has 154 valence electrons. The van der Waals surface area contributed by atoms with E-state index in [1.807, 2.05) is 99.6 Å². The summed E-state index contributed by atoms with van der Waals surface area (Å²) in [5, 5.41) is 6.29. The summed E-state index contributed by atoms with van der Waals surface area (Å²) in [6.45, 7) is 5.91. The van der Waals surface area contributed by atoms with Gasteiger partial charge in [0.15, 0.2) is 0 Å². The first-order valence-corrected chi connectivity index (χ1v) is 10.1. The molecule has 0 unspecified atom stereocenters. The SMILES string of the molecule is Cc1nc(Nc2cccc(NC(=O)c3ccc(C)c(C)c3)c2)cc(-c2ccccc2)n1. The lowest BCUT2D eigenvalue weighted by Gasteiger charge is -2.11. The highest BCUT2D eigenvalue weighted by Gasteiger charge is 2.09. The summed E-state index contributed by atoms with van der Waals surface area (Å²) >= 11 is 0. The molecular formula is C26H24N4O. The van der Waals surface area contributed by atoms with Crippen molar-refractivity contribution in [2.75, 3.05) is 10.6 Å². The summed E-state index contributed by atoms with van der Waals surface area (Å²) in [7, 11) is 0. The van der Waals surface area contributed by atoms with E-state index < -0.39 is 0 Å². The van der Waals surface area contributed by atoms with Crippen LogP contribution in [0.2, 0.25) is 0 Å². The van der Waals surface area contributed by atoms with E-state index in [-0.39, 0.29) is 5.91 Å². The molecule has 0 bridgehead atoms. The van der Waals surface area contributed by atoms with Crippen LogP contribution in [0.25, 0.3) is 11.3 Å². The zero-order chi connectivity index (χ0) is 21.8. The number of amides is 1. The third kappa shape index (κ3) is 4.95. The van der Waals surface area contributed by atoms with Gasteiger partial charge in [-0.3, -0.25) is 4.79 Å². The van der Waals surface area contributed by atoms with Gasteiger partial charge in [0.1, 0.15) is 11.6 Å². The van der Waals surface area contributed by atoms with Crippen molar-refractivity contribution in [1.82, 2.24) is 9.97 Å². The number of carbonyl (C=O) groups is 1. The fourth-order valence-electron chi connectivity index (χ4n) is 3.30. The van der Waals surface area contributed by atoms with E-state index in [4.69, 9.17) is 0 Å². The largest absolute Gasteiger partial charge is 0.340 e. The molecule has 0 spiro atoms. The average molecular weight is 409 g/mol. The second-order valence-corrected chi connectivity index (χ2v) is 7.51. The second kappa shape index (κ2) is 8.79. The lowest BCUT2D eigenvalue weighted by atomic mass is 10.1. The molecule has 0 aliphatic heterocycles. The summed E-state index contributed by atoms with van der Waals surface area (Å²) in [5.41, 5.74) is 6.33. The van der Waals surface area contributed by atoms with Crippen molar-refractivity contribution in [2.45, 2.75) is 20.8 Å². The zero-order valence-electron chi connectivity index (χ0n) is 17.8. The van der Waals surface area contributed by atoms with E-state index in [1.54, 1.807) is 0 Å². The molecular weight excluding hydrogens is 384 g/mol. The Morgan fingerprint density at radius 2 is 1.52 bits per heavy atom. The first-order valence-electron chi connectivity index (χ1n) is 10.1. The van der Waals surface area contributed by atoms with Crippen LogP contribution in [0, 0.1) is 20.8 Å². The van der Waals surface area contributed by atoms with Gasteiger partial charge in [-0.2, -0.15) is 0 Å². The third-order valence-electron chi connectivity index (χ3n) is 5.07. The van der Waals surface area contributed by atoms with Crippen molar-refractivity contribution < 1.29 is 4.79 Å². The predicted octanol–water partition coefficient (Wildman–Crippen LogP) is 6.06. The molecule has 3 aromatic carbocycles. The normalized spacial score (nSPS) is 10.5. The molecule has 0 atom stereocenters. The summed E-state index contributed by atoms with van der Waals surface area (Å²) in [6, 6.07) is 25.2. The minimum absolute atomic E-state index is 0.135. The number of rotatable bonds is 5. The van der Waals surface area contributed by atoms with Crippen LogP contribution in [-0.2, 0) is 0 Å². The molecule has 1 aromatic heterocycles. The van der Waals surface area contributed by atoms with Crippen molar-refractivity contribution in [3.63, 3.8) is 0 Å². The fraction of sp³-hybridized carbons (Fsp3) is 0.115. The zero-order valence-corrected chi connectivity index (χ0v) is 17.8. The number of hydrogen-bond donors (Lipinski definition) is 2. The second-order valence-electron chi connectivity index (χ2n) is 7.51. The van der Waals surface area contributed by atoms with Crippen molar-refractivity contribution in [2.24, 2.45) is 0 Å². The Bertz CT molecular complexity index is 1240. The van der Waals surface area contributed by atoms with Gasteiger partial charge in [0.05, 0.1) is 5.69 Å². The molecule has 0 radical (unpaired) electrons. The number of nitrogens with one attached hydrogen (secondary N) is 2. The molecule has 0 fully saturated rings. The standard InChI is InChI=1S/C26H24N4O/c1-17-12-13-21(14-18(17)2)26(31)30-23-11-7-10-22(15-23)29-25-16-24(27-19(3)28-25)20-8-5-4-6-9-20/h4-16H,1-3H3,(H,30,31)(H,27,28,29). The van der Waals surface area contributed by atoms with Crippen LogP contribution in [0.15, 0.2) is 78.9 Å². The summed E-state index contributed by atoms with van der Waals surface area (Å²) < 4.78 is 0. The van der Waals surface area contributed by atoms with E-state index in [9.17, 15) is 4.79 Å². The molecule has 5 heteroatoms. The van der Waals surface area contributed by atoms with Crippen LogP contribution in [-0.4, -0.2) is 15.9 Å². The van der Waals surface area contributed by atoms with Crippen molar-refractivity contribution in [1.29, 1.82) is 0 Å². The molecule has 31 heavy (non-hydrogen) atoms. The van der Waals surface area contributed by atoms with Gasteiger partial charge in [-0.15, -0.1) is 0 Å². The minimum Gasteiger partial charge on any atom is -0.340 e. The summed E-state index contributed by atoms with van der Waals surface area (Å²) in [6.07, 6.45) is 0. The van der Waals surface area contributed by atoms with Gasteiger partial charge in [0, 0.05) is 28.6 Å². The molecule has 2 N–H and O–H groups in total. The van der Waals surface area contributed by atoms with Crippen LogP contribution in [0.5, 0.6) is 0 Å². The van der Waals surface area contributed by atoms with Crippen LogP contribution < -0.4 is 10.6 Å². The van der Waals surface area contributed by atoms with Crippen LogP contribution in [0.1, 0.15) is 27.3 Å². The highest BCUT2D eigenvalue weighted by molar-refractivity contribution is 6.04.